The van der Waals surface area contributed by atoms with E-state index in [1.165, 1.54) is 0 Å². The minimum absolute atomic E-state index is 0.143. The van der Waals surface area contributed by atoms with Gasteiger partial charge in [-0.2, -0.15) is 5.10 Å². The number of rotatable bonds is 8. The largest absolute Gasteiger partial charge is 0.493 e. The Kier molecular flexibility index (Phi) is 6.78. The summed E-state index contributed by atoms with van der Waals surface area (Å²) >= 11 is 6.39. The van der Waals surface area contributed by atoms with E-state index in [4.69, 9.17) is 21.1 Å². The van der Waals surface area contributed by atoms with E-state index in [9.17, 15) is 4.79 Å². The van der Waals surface area contributed by atoms with Crippen LogP contribution in [0.15, 0.2) is 48.9 Å². The second-order valence-electron chi connectivity index (χ2n) is 9.70. The monoisotopic (exact) mass is 547 g/mol. The molecule has 1 atom stereocenters. The van der Waals surface area contributed by atoms with Gasteiger partial charge in [0.05, 0.1) is 47.0 Å². The Morgan fingerprint density at radius 2 is 2.15 bits per heavy atom. The third kappa shape index (κ3) is 4.76. The first kappa shape index (κ1) is 25.1. The van der Waals surface area contributed by atoms with Crippen molar-refractivity contribution in [2.24, 2.45) is 7.05 Å². The van der Waals surface area contributed by atoms with Gasteiger partial charge in [-0.25, -0.2) is 0 Å². The van der Waals surface area contributed by atoms with Gasteiger partial charge in [-0.15, -0.1) is 0 Å². The fourth-order valence-electron chi connectivity index (χ4n) is 5.41. The maximum atomic E-state index is 13.0. The Labute approximate surface area is 231 Å². The summed E-state index contributed by atoms with van der Waals surface area (Å²) in [5.74, 6) is 1.94. The van der Waals surface area contributed by atoms with Gasteiger partial charge in [-0.3, -0.25) is 14.5 Å². The molecule has 0 saturated carbocycles. The number of carbonyl (C=O) groups is 1. The summed E-state index contributed by atoms with van der Waals surface area (Å²) in [5, 5.41) is 11.4. The number of pyridine rings is 1. The minimum Gasteiger partial charge on any atom is -0.493 e. The fourth-order valence-corrected chi connectivity index (χ4v) is 5.66. The lowest BCUT2D eigenvalue weighted by molar-refractivity contribution is 0.0947. The van der Waals surface area contributed by atoms with Crippen molar-refractivity contribution >= 4 is 34.7 Å². The third-order valence-electron chi connectivity index (χ3n) is 7.25. The van der Waals surface area contributed by atoms with Crippen LogP contribution in [0.3, 0.4) is 0 Å². The minimum atomic E-state index is -0.143. The van der Waals surface area contributed by atoms with Gasteiger partial charge >= 0.3 is 0 Å². The molecule has 202 valence electrons. The number of benzene rings is 1. The summed E-state index contributed by atoms with van der Waals surface area (Å²) in [6.07, 6.45) is 8.19. The first-order chi connectivity index (χ1) is 19.0. The lowest BCUT2D eigenvalue weighted by atomic mass is 10.0. The fraction of sp³-hybridized carbons (Fsp3) is 0.321. The van der Waals surface area contributed by atoms with Crippen molar-refractivity contribution in [2.75, 3.05) is 37.0 Å². The molecular weight excluding hydrogens is 518 g/mol. The van der Waals surface area contributed by atoms with Crippen LogP contribution in [0.5, 0.6) is 11.5 Å². The third-order valence-corrected chi connectivity index (χ3v) is 7.55. The first-order valence-corrected chi connectivity index (χ1v) is 13.4. The second-order valence-corrected chi connectivity index (χ2v) is 10.1. The predicted octanol–water partition coefficient (Wildman–Crippen LogP) is 4.55. The maximum Gasteiger partial charge on any atom is 0.255 e. The molecule has 0 spiro atoms. The standard InChI is InChI=1S/C28H30ClN7O3/c1-35-14-10-23(34-35)36-13-4-5-17(36)16-39-22-15-30-11-8-18(22)25-26(24-20(32-25)9-12-31-28(24)37)33-21-7-3-6-19(29)27(21)38-2/h3,6-8,10-11,14-15,17,32-33H,4-5,9,12-13,16H2,1-2H3,(H,31,37)/t17-/m1/s1. The summed E-state index contributed by atoms with van der Waals surface area (Å²) in [7, 11) is 3.49. The number of hydrogen-bond acceptors (Lipinski definition) is 7. The van der Waals surface area contributed by atoms with Gasteiger partial charge in [0.2, 0.25) is 0 Å². The Balaban J connectivity index is 1.35. The molecule has 0 aliphatic carbocycles. The van der Waals surface area contributed by atoms with E-state index >= 15 is 0 Å². The van der Waals surface area contributed by atoms with Crippen LogP contribution in [0, 0.1) is 0 Å². The molecule has 2 aliphatic heterocycles. The summed E-state index contributed by atoms with van der Waals surface area (Å²) in [5.41, 5.74) is 4.26. The lowest BCUT2D eigenvalue weighted by Gasteiger charge is -2.25. The average Bonchev–Trinajstić information content (AvgIpc) is 3.67. The van der Waals surface area contributed by atoms with Gasteiger partial charge in [0, 0.05) is 56.3 Å². The zero-order chi connectivity index (χ0) is 26.9. The summed E-state index contributed by atoms with van der Waals surface area (Å²) in [6, 6.07) is 9.59. The van der Waals surface area contributed by atoms with Crippen molar-refractivity contribution in [1.29, 1.82) is 0 Å². The van der Waals surface area contributed by atoms with Crippen molar-refractivity contribution < 1.29 is 14.3 Å². The van der Waals surface area contributed by atoms with Crippen LogP contribution in [0.1, 0.15) is 28.9 Å². The summed E-state index contributed by atoms with van der Waals surface area (Å²) in [4.78, 5) is 23.2. The molecule has 0 bridgehead atoms. The zero-order valence-electron chi connectivity index (χ0n) is 21.8. The number of ether oxygens (including phenoxy) is 2. The van der Waals surface area contributed by atoms with Crippen LogP contribution in [-0.2, 0) is 13.5 Å². The summed E-state index contributed by atoms with van der Waals surface area (Å²) in [6.45, 7) is 2.00. The molecular formula is C28H30ClN7O3. The van der Waals surface area contributed by atoms with E-state index in [2.05, 4.69) is 30.6 Å². The molecule has 3 N–H and O–H groups in total. The van der Waals surface area contributed by atoms with Crippen molar-refractivity contribution in [3.8, 4) is 22.8 Å². The van der Waals surface area contributed by atoms with Gasteiger partial charge in [0.1, 0.15) is 12.4 Å². The van der Waals surface area contributed by atoms with Gasteiger partial charge in [-0.05, 0) is 31.0 Å². The van der Waals surface area contributed by atoms with Crippen molar-refractivity contribution in [1.82, 2.24) is 25.1 Å². The number of H-pyrrole nitrogens is 1. The Bertz CT molecular complexity index is 1510. The van der Waals surface area contributed by atoms with Crippen LogP contribution in [0.4, 0.5) is 17.2 Å². The molecule has 6 rings (SSSR count). The number of aryl methyl sites for hydroxylation is 1. The van der Waals surface area contributed by atoms with E-state index < -0.39 is 0 Å². The number of aromatic nitrogens is 4. The van der Waals surface area contributed by atoms with Gasteiger partial charge in [0.15, 0.2) is 11.6 Å². The van der Waals surface area contributed by atoms with Crippen molar-refractivity contribution in [3.05, 3.63) is 65.2 Å². The number of amides is 1. The number of methoxy groups -OCH3 is 1. The van der Waals surface area contributed by atoms with Gasteiger partial charge in [-0.1, -0.05) is 17.7 Å². The zero-order valence-corrected chi connectivity index (χ0v) is 22.6. The number of para-hydroxylation sites is 1. The Hall–Kier alpha value is -4.18. The molecule has 5 heterocycles. The molecule has 0 unspecified atom stereocenters. The number of fused-ring (bicyclic) bond motifs is 1. The summed E-state index contributed by atoms with van der Waals surface area (Å²) < 4.78 is 13.8. The number of nitrogens with one attached hydrogen (secondary N) is 3. The van der Waals surface area contributed by atoms with E-state index in [0.29, 0.717) is 53.0 Å². The van der Waals surface area contributed by atoms with Crippen LogP contribution >= 0.6 is 11.6 Å². The highest BCUT2D eigenvalue weighted by Gasteiger charge is 2.30. The van der Waals surface area contributed by atoms with Crippen molar-refractivity contribution in [2.45, 2.75) is 25.3 Å². The van der Waals surface area contributed by atoms with E-state index in [1.807, 2.05) is 42.2 Å². The van der Waals surface area contributed by atoms with E-state index in [0.717, 1.165) is 42.2 Å². The highest BCUT2D eigenvalue weighted by molar-refractivity contribution is 6.32. The molecule has 1 aromatic carbocycles. The second kappa shape index (κ2) is 10.5. The number of carbonyl (C=O) groups excluding carboxylic acids is 1. The smallest absolute Gasteiger partial charge is 0.255 e. The average molecular weight is 548 g/mol. The van der Waals surface area contributed by atoms with Crippen LogP contribution in [0.2, 0.25) is 5.02 Å². The molecule has 10 nitrogen and oxygen atoms in total. The normalized spacial score (nSPS) is 16.6. The lowest BCUT2D eigenvalue weighted by Crippen LogP contribution is -2.34. The van der Waals surface area contributed by atoms with E-state index in [1.54, 1.807) is 25.6 Å². The highest BCUT2D eigenvalue weighted by atomic mass is 35.5. The molecule has 0 radical (unpaired) electrons. The molecule has 1 amide bonds. The highest BCUT2D eigenvalue weighted by Crippen LogP contribution is 2.43. The number of aromatic amines is 1. The number of nitrogens with zero attached hydrogens (tertiary/aromatic N) is 4. The maximum absolute atomic E-state index is 13.0. The molecule has 1 fully saturated rings. The van der Waals surface area contributed by atoms with E-state index in [-0.39, 0.29) is 11.9 Å². The Morgan fingerprint density at radius 1 is 1.26 bits per heavy atom. The number of anilines is 3. The number of halogens is 1. The molecule has 1 saturated heterocycles. The topological polar surface area (TPSA) is 109 Å². The molecule has 2 aliphatic rings. The van der Waals surface area contributed by atoms with Gasteiger partial charge in [0.25, 0.3) is 5.91 Å². The van der Waals surface area contributed by atoms with Crippen molar-refractivity contribution in [3.63, 3.8) is 0 Å². The predicted molar refractivity (Wildman–Crippen MR) is 150 cm³/mol. The molecule has 11 heteroatoms. The number of hydrogen-bond donors (Lipinski definition) is 3. The quantitative estimate of drug-likeness (QED) is 0.297. The molecule has 4 aromatic rings. The molecule has 39 heavy (non-hydrogen) atoms. The van der Waals surface area contributed by atoms with Crippen LogP contribution < -0.4 is 25.0 Å². The van der Waals surface area contributed by atoms with Crippen LogP contribution in [-0.4, -0.2) is 58.5 Å². The first-order valence-electron chi connectivity index (χ1n) is 13.0. The Morgan fingerprint density at radius 3 is 2.97 bits per heavy atom. The van der Waals surface area contributed by atoms with Gasteiger partial charge < -0.3 is 30.0 Å². The molecule has 3 aromatic heterocycles. The SMILES string of the molecule is COc1c(Cl)cccc1Nc1c(-c2ccncc2OC[C@H]2CCCN2c2ccn(C)n2)[nH]c2c1C(=O)NCC2. The van der Waals surface area contributed by atoms with Crippen LogP contribution in [0.25, 0.3) is 11.3 Å².